The highest BCUT2D eigenvalue weighted by Crippen LogP contribution is 2.44. The van der Waals surface area contributed by atoms with E-state index >= 15 is 0 Å². The van der Waals surface area contributed by atoms with E-state index in [0.29, 0.717) is 6.61 Å². The van der Waals surface area contributed by atoms with Gasteiger partial charge in [-0.25, -0.2) is 0 Å². The van der Waals surface area contributed by atoms with E-state index in [2.05, 4.69) is 0 Å². The molecule has 7 heteroatoms. The highest BCUT2D eigenvalue weighted by molar-refractivity contribution is 5.00. The molecule has 4 fully saturated rings. The summed E-state index contributed by atoms with van der Waals surface area (Å²) < 4.78 is 41.7. The Bertz CT molecular complexity index is 460. The standard InChI is InChI=1S/C17H28O7/c1-16(2)21-12-10(9-19-11-7-5-6-8-18-11)20-15-14(13(12)22-16)23-17(3,4)24-15/h10-15H,5-9H2,1-4H3/t10-,11?,12+,13+,14-,15-/m1/s1. The van der Waals surface area contributed by atoms with Gasteiger partial charge in [0.05, 0.1) is 6.61 Å². The molecular formula is C17H28O7. The molecule has 0 spiro atoms. The summed E-state index contributed by atoms with van der Waals surface area (Å²) in [5.74, 6) is -1.37. The summed E-state index contributed by atoms with van der Waals surface area (Å²) in [6.45, 7) is 8.72. The zero-order chi connectivity index (χ0) is 16.9. The van der Waals surface area contributed by atoms with Crippen LogP contribution in [0, 0.1) is 0 Å². The molecule has 0 saturated carbocycles. The quantitative estimate of drug-likeness (QED) is 0.775. The Morgan fingerprint density at radius 2 is 1.58 bits per heavy atom. The summed E-state index contributed by atoms with van der Waals surface area (Å²) in [5.41, 5.74) is 0. The van der Waals surface area contributed by atoms with Crippen molar-refractivity contribution in [3.05, 3.63) is 0 Å². The molecular weight excluding hydrogens is 316 g/mol. The Labute approximate surface area is 142 Å². The summed E-state index contributed by atoms with van der Waals surface area (Å²) in [6, 6.07) is 0. The molecule has 138 valence electrons. The molecule has 7 nitrogen and oxygen atoms in total. The van der Waals surface area contributed by atoms with Crippen LogP contribution < -0.4 is 0 Å². The van der Waals surface area contributed by atoms with Crippen molar-refractivity contribution >= 4 is 0 Å². The van der Waals surface area contributed by atoms with Gasteiger partial charge in [0.2, 0.25) is 0 Å². The van der Waals surface area contributed by atoms with Gasteiger partial charge < -0.3 is 33.2 Å². The van der Waals surface area contributed by atoms with Crippen molar-refractivity contribution in [1.82, 2.24) is 0 Å². The topological polar surface area (TPSA) is 64.6 Å². The van der Waals surface area contributed by atoms with Crippen LogP contribution in [0.15, 0.2) is 0 Å². The van der Waals surface area contributed by atoms with Gasteiger partial charge in [-0.15, -0.1) is 0 Å². The highest BCUT2D eigenvalue weighted by Gasteiger charge is 2.60. The van der Waals surface area contributed by atoms with Gasteiger partial charge >= 0.3 is 0 Å². The van der Waals surface area contributed by atoms with E-state index in [0.717, 1.165) is 25.9 Å². The molecule has 0 amide bonds. The van der Waals surface area contributed by atoms with Crippen molar-refractivity contribution < 1.29 is 33.2 Å². The molecule has 6 atom stereocenters. The summed E-state index contributed by atoms with van der Waals surface area (Å²) in [5, 5.41) is 0. The fraction of sp³-hybridized carbons (Fsp3) is 1.00. The molecule has 0 aromatic heterocycles. The minimum Gasteiger partial charge on any atom is -0.353 e. The molecule has 24 heavy (non-hydrogen) atoms. The zero-order valence-corrected chi connectivity index (χ0v) is 14.9. The van der Waals surface area contributed by atoms with Gasteiger partial charge in [-0.3, -0.25) is 0 Å². The maximum Gasteiger partial charge on any atom is 0.190 e. The highest BCUT2D eigenvalue weighted by atomic mass is 16.9. The fourth-order valence-corrected chi connectivity index (χ4v) is 3.87. The summed E-state index contributed by atoms with van der Waals surface area (Å²) in [6.07, 6.45) is 1.46. The molecule has 0 N–H and O–H groups in total. The molecule has 0 aromatic rings. The van der Waals surface area contributed by atoms with Crippen LogP contribution in [0.1, 0.15) is 47.0 Å². The first kappa shape index (κ1) is 17.1. The Morgan fingerprint density at radius 3 is 2.33 bits per heavy atom. The fourth-order valence-electron chi connectivity index (χ4n) is 3.87. The lowest BCUT2D eigenvalue weighted by atomic mass is 9.99. The van der Waals surface area contributed by atoms with Crippen LogP contribution in [0.5, 0.6) is 0 Å². The van der Waals surface area contributed by atoms with E-state index in [-0.39, 0.29) is 30.7 Å². The normalized spacial score (nSPS) is 46.5. The Kier molecular flexibility index (Phi) is 4.40. The van der Waals surface area contributed by atoms with Crippen LogP contribution >= 0.6 is 0 Å². The summed E-state index contributed by atoms with van der Waals surface area (Å²) >= 11 is 0. The van der Waals surface area contributed by atoms with Crippen LogP contribution in [0.3, 0.4) is 0 Å². The SMILES string of the molecule is CC1(C)O[C@H]2[C@@H](O1)[C@@H](COC1CCCCO1)O[C@@H]1OC(C)(C)O[C@@H]12. The summed E-state index contributed by atoms with van der Waals surface area (Å²) in [7, 11) is 0. The molecule has 4 aliphatic heterocycles. The van der Waals surface area contributed by atoms with Crippen molar-refractivity contribution in [2.45, 2.75) is 95.5 Å². The van der Waals surface area contributed by atoms with Crippen molar-refractivity contribution in [3.63, 3.8) is 0 Å². The second-order valence-electron chi connectivity index (χ2n) is 7.84. The monoisotopic (exact) mass is 344 g/mol. The van der Waals surface area contributed by atoms with E-state index in [1.165, 1.54) is 0 Å². The molecule has 0 bridgehead atoms. The van der Waals surface area contributed by atoms with Crippen LogP contribution in [0.4, 0.5) is 0 Å². The van der Waals surface area contributed by atoms with Crippen LogP contribution in [0.2, 0.25) is 0 Å². The third-order valence-corrected chi connectivity index (χ3v) is 4.84. The largest absolute Gasteiger partial charge is 0.353 e. The smallest absolute Gasteiger partial charge is 0.190 e. The molecule has 4 heterocycles. The predicted molar refractivity (Wildman–Crippen MR) is 82.1 cm³/mol. The number of ether oxygens (including phenoxy) is 7. The first-order valence-electron chi connectivity index (χ1n) is 8.93. The van der Waals surface area contributed by atoms with Crippen LogP contribution in [-0.2, 0) is 33.2 Å². The first-order chi connectivity index (χ1) is 11.3. The van der Waals surface area contributed by atoms with E-state index in [1.807, 2.05) is 27.7 Å². The molecule has 1 unspecified atom stereocenters. The molecule has 0 aliphatic carbocycles. The van der Waals surface area contributed by atoms with Crippen LogP contribution in [0.25, 0.3) is 0 Å². The number of rotatable bonds is 3. The van der Waals surface area contributed by atoms with Crippen molar-refractivity contribution in [1.29, 1.82) is 0 Å². The Morgan fingerprint density at radius 1 is 0.875 bits per heavy atom. The van der Waals surface area contributed by atoms with Crippen molar-refractivity contribution in [3.8, 4) is 0 Å². The van der Waals surface area contributed by atoms with Gasteiger partial charge in [0.1, 0.15) is 24.4 Å². The van der Waals surface area contributed by atoms with Gasteiger partial charge in [0.25, 0.3) is 0 Å². The maximum atomic E-state index is 6.11. The molecule has 0 radical (unpaired) electrons. The lowest BCUT2D eigenvalue weighted by Crippen LogP contribution is -2.56. The van der Waals surface area contributed by atoms with Crippen LogP contribution in [-0.4, -0.2) is 61.8 Å². The third-order valence-electron chi connectivity index (χ3n) is 4.84. The van der Waals surface area contributed by atoms with E-state index < -0.39 is 17.9 Å². The summed E-state index contributed by atoms with van der Waals surface area (Å²) in [4.78, 5) is 0. The average Bonchev–Trinajstić information content (AvgIpc) is 3.00. The molecule has 4 rings (SSSR count). The van der Waals surface area contributed by atoms with Gasteiger partial charge in [-0.2, -0.15) is 0 Å². The average molecular weight is 344 g/mol. The van der Waals surface area contributed by atoms with Gasteiger partial charge in [-0.05, 0) is 47.0 Å². The van der Waals surface area contributed by atoms with E-state index in [9.17, 15) is 0 Å². The maximum absolute atomic E-state index is 6.11. The van der Waals surface area contributed by atoms with E-state index in [1.54, 1.807) is 0 Å². The predicted octanol–water partition coefficient (Wildman–Crippen LogP) is 1.93. The first-order valence-corrected chi connectivity index (χ1v) is 8.93. The van der Waals surface area contributed by atoms with Crippen molar-refractivity contribution in [2.75, 3.05) is 13.2 Å². The minimum absolute atomic E-state index is 0.161. The lowest BCUT2D eigenvalue weighted by Gasteiger charge is -2.37. The van der Waals surface area contributed by atoms with Crippen molar-refractivity contribution in [2.24, 2.45) is 0 Å². The minimum atomic E-state index is -0.696. The number of fused-ring (bicyclic) bond motifs is 3. The van der Waals surface area contributed by atoms with Gasteiger partial charge in [0.15, 0.2) is 24.2 Å². The second kappa shape index (κ2) is 6.16. The van der Waals surface area contributed by atoms with Gasteiger partial charge in [-0.1, -0.05) is 0 Å². The zero-order valence-electron chi connectivity index (χ0n) is 14.9. The Hall–Kier alpha value is -0.280. The lowest BCUT2D eigenvalue weighted by molar-refractivity contribution is -0.259. The third kappa shape index (κ3) is 3.35. The van der Waals surface area contributed by atoms with E-state index in [4.69, 9.17) is 33.2 Å². The number of hydrogen-bond acceptors (Lipinski definition) is 7. The second-order valence-corrected chi connectivity index (χ2v) is 7.84. The molecule has 4 aliphatic rings. The molecule has 4 saturated heterocycles. The molecule has 0 aromatic carbocycles. The van der Waals surface area contributed by atoms with Gasteiger partial charge in [0, 0.05) is 6.61 Å². The number of hydrogen-bond donors (Lipinski definition) is 0. The Balaban J connectivity index is 1.45.